The van der Waals surface area contributed by atoms with Crippen molar-refractivity contribution in [1.82, 2.24) is 20.8 Å². The molecule has 1 aliphatic rings. The maximum absolute atomic E-state index is 12.4. The van der Waals surface area contributed by atoms with Crippen molar-refractivity contribution in [3.8, 4) is 5.88 Å². The molecule has 2 heterocycles. The lowest BCUT2D eigenvalue weighted by molar-refractivity contribution is -0.154. The van der Waals surface area contributed by atoms with Crippen molar-refractivity contribution in [2.24, 2.45) is 0 Å². The van der Waals surface area contributed by atoms with Crippen LogP contribution in [0.25, 0.3) is 0 Å². The van der Waals surface area contributed by atoms with Crippen LogP contribution in [0, 0.1) is 0 Å². The monoisotopic (exact) mass is 430 g/mol. The van der Waals surface area contributed by atoms with E-state index in [0.29, 0.717) is 10.6 Å². The first kappa shape index (κ1) is 20.6. The number of ether oxygens (including phenoxy) is 2. The average molecular weight is 431 g/mol. The van der Waals surface area contributed by atoms with Crippen LogP contribution < -0.4 is 15.4 Å². The largest absolute Gasteiger partial charge is 0.467 e. The molecule has 12 heteroatoms. The highest BCUT2D eigenvalue weighted by Crippen LogP contribution is 2.24. The third-order valence-electron chi connectivity index (χ3n) is 3.80. The van der Waals surface area contributed by atoms with E-state index < -0.39 is 36.9 Å². The number of carbonyl (C=O) groups excluding carboxylic acids is 2. The number of cyclic esters (lactones) is 1. The van der Waals surface area contributed by atoms with Crippen LogP contribution in [0.1, 0.15) is 17.3 Å². The van der Waals surface area contributed by atoms with Gasteiger partial charge in [0.1, 0.15) is 0 Å². The van der Waals surface area contributed by atoms with Crippen LogP contribution in [0.15, 0.2) is 36.4 Å². The summed E-state index contributed by atoms with van der Waals surface area (Å²) in [5, 5.41) is 13.0. The fourth-order valence-corrected chi connectivity index (χ4v) is 2.60. The number of alkyl halides is 3. The Balaban J connectivity index is 1.80. The van der Waals surface area contributed by atoms with Crippen molar-refractivity contribution in [2.75, 3.05) is 13.2 Å². The Labute approximate surface area is 167 Å². The van der Waals surface area contributed by atoms with Gasteiger partial charge in [-0.2, -0.15) is 13.2 Å². The van der Waals surface area contributed by atoms with Crippen LogP contribution >= 0.6 is 11.6 Å². The van der Waals surface area contributed by atoms with Crippen LogP contribution in [0.4, 0.5) is 18.0 Å². The van der Waals surface area contributed by atoms with Gasteiger partial charge in [0.2, 0.25) is 5.88 Å². The maximum Gasteiger partial charge on any atom is 0.422 e. The van der Waals surface area contributed by atoms with Gasteiger partial charge in [-0.1, -0.05) is 23.7 Å². The minimum atomic E-state index is -4.51. The predicted octanol–water partition coefficient (Wildman–Crippen LogP) is 2.39. The smallest absolute Gasteiger partial charge is 0.422 e. The van der Waals surface area contributed by atoms with Gasteiger partial charge in [0.15, 0.2) is 12.7 Å². The fraction of sp³-hybridized carbons (Fsp3) is 0.294. The van der Waals surface area contributed by atoms with E-state index in [0.717, 1.165) is 0 Å². The molecule has 3 rings (SSSR count). The van der Waals surface area contributed by atoms with Crippen molar-refractivity contribution < 1.29 is 32.2 Å². The number of aromatic nitrogens is 2. The Hall–Kier alpha value is -3.08. The summed E-state index contributed by atoms with van der Waals surface area (Å²) in [4.78, 5) is 23.6. The Morgan fingerprint density at radius 2 is 2.00 bits per heavy atom. The fourth-order valence-electron chi connectivity index (χ4n) is 2.47. The molecule has 8 nitrogen and oxygen atoms in total. The minimum absolute atomic E-state index is 0.00784. The van der Waals surface area contributed by atoms with Crippen LogP contribution in [-0.4, -0.2) is 47.6 Å². The Bertz CT molecular complexity index is 878. The van der Waals surface area contributed by atoms with E-state index in [4.69, 9.17) is 16.3 Å². The molecule has 2 amide bonds. The Kier molecular flexibility index (Phi) is 6.06. The molecule has 1 aliphatic heterocycles. The van der Waals surface area contributed by atoms with E-state index in [1.54, 1.807) is 24.3 Å². The van der Waals surface area contributed by atoms with Gasteiger partial charge in [-0.25, -0.2) is 4.79 Å². The number of hydrogen-bond acceptors (Lipinski definition) is 6. The van der Waals surface area contributed by atoms with Gasteiger partial charge in [0, 0.05) is 11.1 Å². The van der Waals surface area contributed by atoms with Gasteiger partial charge in [-0.15, -0.1) is 10.2 Å². The van der Waals surface area contributed by atoms with Gasteiger partial charge in [0.25, 0.3) is 5.91 Å². The first-order chi connectivity index (χ1) is 13.7. The highest BCUT2D eigenvalue weighted by molar-refractivity contribution is 6.30. The van der Waals surface area contributed by atoms with E-state index >= 15 is 0 Å². The molecule has 0 saturated carbocycles. The summed E-state index contributed by atoms with van der Waals surface area (Å²) in [7, 11) is 0. The average Bonchev–Trinajstić information content (AvgIpc) is 3.12. The molecule has 0 bridgehead atoms. The summed E-state index contributed by atoms with van der Waals surface area (Å²) < 4.78 is 46.1. The zero-order valence-electron chi connectivity index (χ0n) is 14.6. The van der Waals surface area contributed by atoms with Gasteiger partial charge in [-0.05, 0) is 23.8 Å². The number of nitrogens with zero attached hydrogens (tertiary/aromatic N) is 2. The highest BCUT2D eigenvalue weighted by atomic mass is 35.5. The SMILES string of the molecule is O=C1NC[C@@H](C(=O)N[C@@H](c2ccc(Cl)cc2)c2ccc(OCC(F)(F)F)nn2)O1. The number of nitrogens with one attached hydrogen (secondary N) is 2. The number of rotatable bonds is 6. The first-order valence-electron chi connectivity index (χ1n) is 8.25. The lowest BCUT2D eigenvalue weighted by atomic mass is 10.0. The molecule has 2 N–H and O–H groups in total. The van der Waals surface area contributed by atoms with Gasteiger partial charge in [0.05, 0.1) is 18.3 Å². The van der Waals surface area contributed by atoms with Crippen molar-refractivity contribution in [2.45, 2.75) is 18.3 Å². The van der Waals surface area contributed by atoms with E-state index in [2.05, 4.69) is 25.6 Å². The molecule has 0 unspecified atom stereocenters. The van der Waals surface area contributed by atoms with Crippen LogP contribution in [0.3, 0.4) is 0 Å². The summed E-state index contributed by atoms with van der Waals surface area (Å²) >= 11 is 5.89. The zero-order valence-corrected chi connectivity index (χ0v) is 15.3. The van der Waals surface area contributed by atoms with Crippen molar-refractivity contribution in [1.29, 1.82) is 0 Å². The molecule has 2 atom stereocenters. The van der Waals surface area contributed by atoms with Crippen molar-refractivity contribution >= 4 is 23.6 Å². The molecule has 1 aromatic carbocycles. The number of alkyl carbamates (subject to hydrolysis) is 1. The Morgan fingerprint density at radius 3 is 2.55 bits per heavy atom. The summed E-state index contributed by atoms with van der Waals surface area (Å²) in [6.07, 6.45) is -6.24. The number of carbonyl (C=O) groups is 2. The summed E-state index contributed by atoms with van der Waals surface area (Å²) in [5.74, 6) is -0.899. The topological polar surface area (TPSA) is 102 Å². The molecule has 1 saturated heterocycles. The van der Waals surface area contributed by atoms with E-state index in [9.17, 15) is 22.8 Å². The van der Waals surface area contributed by atoms with Crippen LogP contribution in [0.2, 0.25) is 5.02 Å². The van der Waals surface area contributed by atoms with Gasteiger partial charge < -0.3 is 20.1 Å². The van der Waals surface area contributed by atoms with Crippen molar-refractivity contribution in [3.05, 3.63) is 52.7 Å². The molecule has 154 valence electrons. The second-order valence-electron chi connectivity index (χ2n) is 5.97. The highest BCUT2D eigenvalue weighted by Gasteiger charge is 2.32. The van der Waals surface area contributed by atoms with E-state index in [-0.39, 0.29) is 18.1 Å². The third kappa shape index (κ3) is 5.70. The third-order valence-corrected chi connectivity index (χ3v) is 4.06. The second-order valence-corrected chi connectivity index (χ2v) is 6.40. The molecule has 1 aromatic heterocycles. The van der Waals surface area contributed by atoms with Gasteiger partial charge >= 0.3 is 12.3 Å². The number of halogens is 4. The number of benzene rings is 1. The lowest BCUT2D eigenvalue weighted by Crippen LogP contribution is -2.39. The van der Waals surface area contributed by atoms with Crippen molar-refractivity contribution in [3.63, 3.8) is 0 Å². The molecular formula is C17H14ClF3N4O4. The quantitative estimate of drug-likeness (QED) is 0.729. The minimum Gasteiger partial charge on any atom is -0.467 e. The first-order valence-corrected chi connectivity index (χ1v) is 8.62. The van der Waals surface area contributed by atoms with Crippen LogP contribution in [-0.2, 0) is 9.53 Å². The molecule has 29 heavy (non-hydrogen) atoms. The summed E-state index contributed by atoms with van der Waals surface area (Å²) in [5.41, 5.74) is 0.815. The van der Waals surface area contributed by atoms with Crippen LogP contribution in [0.5, 0.6) is 5.88 Å². The standard InChI is InChI=1S/C17H14ClF3N4O4/c18-10-3-1-9(2-4-10)14(23-15(26)12-7-22-16(27)29-12)11-5-6-13(25-24-11)28-8-17(19,20)21/h1-6,12,14H,7-8H2,(H,22,27)(H,23,26)/t12-,14-/m0/s1. The van der Waals surface area contributed by atoms with Gasteiger partial charge in [-0.3, -0.25) is 4.79 Å². The molecular weight excluding hydrogens is 417 g/mol. The number of amides is 2. The van der Waals surface area contributed by atoms with E-state index in [1.165, 1.54) is 12.1 Å². The Morgan fingerprint density at radius 1 is 1.28 bits per heavy atom. The summed E-state index contributed by atoms with van der Waals surface area (Å²) in [6, 6.07) is 8.24. The predicted molar refractivity (Wildman–Crippen MR) is 93.3 cm³/mol. The normalized spacial score (nSPS) is 17.2. The lowest BCUT2D eigenvalue weighted by Gasteiger charge is -2.20. The number of hydrogen-bond donors (Lipinski definition) is 2. The maximum atomic E-state index is 12.4. The second kappa shape index (κ2) is 8.52. The molecule has 0 aliphatic carbocycles. The zero-order chi connectivity index (χ0) is 21.0. The molecule has 0 spiro atoms. The molecule has 0 radical (unpaired) electrons. The summed E-state index contributed by atoms with van der Waals surface area (Å²) in [6.45, 7) is -1.49. The van der Waals surface area contributed by atoms with E-state index in [1.807, 2.05) is 0 Å². The molecule has 2 aromatic rings. The molecule has 1 fully saturated rings.